The predicted octanol–water partition coefficient (Wildman–Crippen LogP) is 4.07. The van der Waals surface area contributed by atoms with Gasteiger partial charge in [0.15, 0.2) is 0 Å². The Labute approximate surface area is 131 Å². The van der Waals surface area contributed by atoms with Crippen molar-refractivity contribution in [3.63, 3.8) is 0 Å². The van der Waals surface area contributed by atoms with E-state index in [1.54, 1.807) is 12.1 Å². The molecule has 5 heteroatoms. The van der Waals surface area contributed by atoms with Crippen molar-refractivity contribution in [3.05, 3.63) is 62.9 Å². The maximum Gasteiger partial charge on any atom is 0.137 e. The minimum absolute atomic E-state index is 0.0372. The van der Waals surface area contributed by atoms with Gasteiger partial charge in [-0.1, -0.05) is 6.07 Å². The molecule has 0 unspecified atom stereocenters. The number of nitrogen functional groups attached to an aromatic ring is 1. The van der Waals surface area contributed by atoms with E-state index in [9.17, 15) is 4.39 Å². The molecule has 0 radical (unpaired) electrons. The molecule has 0 aliphatic heterocycles. The topological polar surface area (TPSA) is 59.1 Å². The number of hydrogen-bond donors (Lipinski definition) is 2. The summed E-state index contributed by atoms with van der Waals surface area (Å²) in [7, 11) is 0. The van der Waals surface area contributed by atoms with Crippen LogP contribution in [0.5, 0.6) is 5.75 Å². The number of ether oxygens (including phenoxy) is 1. The lowest BCUT2D eigenvalue weighted by Gasteiger charge is -2.14. The number of amidine groups is 1. The summed E-state index contributed by atoms with van der Waals surface area (Å²) < 4.78 is 19.4. The number of benzene rings is 2. The molecule has 0 spiro atoms. The summed E-state index contributed by atoms with van der Waals surface area (Å²) in [4.78, 5) is 0. The van der Waals surface area contributed by atoms with Gasteiger partial charge in [0, 0.05) is 5.56 Å². The molecule has 0 aliphatic carbocycles. The summed E-state index contributed by atoms with van der Waals surface area (Å²) in [5.41, 5.74) is 8.89. The SMILES string of the molecule is Cc1cc(C(=N)N)cc(C)c1OCc1ccc(F)c(Br)c1. The predicted molar refractivity (Wildman–Crippen MR) is 85.4 cm³/mol. The standard InChI is InChI=1S/C16H16BrFN2O/c1-9-5-12(16(19)20)6-10(2)15(9)21-8-11-3-4-14(18)13(17)7-11/h3-7H,8H2,1-2H3,(H3,19,20). The van der Waals surface area contributed by atoms with E-state index in [0.29, 0.717) is 16.6 Å². The van der Waals surface area contributed by atoms with Crippen LogP contribution in [0.3, 0.4) is 0 Å². The van der Waals surface area contributed by atoms with E-state index in [1.165, 1.54) is 6.07 Å². The van der Waals surface area contributed by atoms with Crippen LogP contribution in [0, 0.1) is 25.1 Å². The minimum Gasteiger partial charge on any atom is -0.488 e. The van der Waals surface area contributed by atoms with E-state index in [0.717, 1.165) is 22.4 Å². The number of nitrogens with one attached hydrogen (secondary N) is 1. The Hall–Kier alpha value is -1.88. The monoisotopic (exact) mass is 350 g/mol. The summed E-state index contributed by atoms with van der Waals surface area (Å²) in [6.45, 7) is 4.17. The Balaban J connectivity index is 2.20. The van der Waals surface area contributed by atoms with Crippen LogP contribution in [0.15, 0.2) is 34.8 Å². The van der Waals surface area contributed by atoms with E-state index in [-0.39, 0.29) is 11.7 Å². The fourth-order valence-corrected chi connectivity index (χ4v) is 2.54. The van der Waals surface area contributed by atoms with E-state index >= 15 is 0 Å². The van der Waals surface area contributed by atoms with Gasteiger partial charge in [-0.25, -0.2) is 4.39 Å². The molecule has 0 heterocycles. The molecule has 21 heavy (non-hydrogen) atoms. The Kier molecular flexibility index (Phi) is 4.63. The summed E-state index contributed by atoms with van der Waals surface area (Å²) in [6.07, 6.45) is 0. The first kappa shape index (κ1) is 15.5. The smallest absolute Gasteiger partial charge is 0.137 e. The first-order valence-corrected chi connectivity index (χ1v) is 7.20. The fraction of sp³-hybridized carbons (Fsp3) is 0.188. The van der Waals surface area contributed by atoms with Crippen molar-refractivity contribution in [1.82, 2.24) is 0 Å². The summed E-state index contributed by atoms with van der Waals surface area (Å²) in [5, 5.41) is 7.48. The van der Waals surface area contributed by atoms with Gasteiger partial charge in [0.25, 0.3) is 0 Å². The summed E-state index contributed by atoms with van der Waals surface area (Å²) >= 11 is 3.16. The third kappa shape index (κ3) is 3.61. The lowest BCUT2D eigenvalue weighted by atomic mass is 10.1. The van der Waals surface area contributed by atoms with Gasteiger partial charge in [-0.05, 0) is 70.7 Å². The normalized spacial score (nSPS) is 10.5. The van der Waals surface area contributed by atoms with Crippen molar-refractivity contribution in [1.29, 1.82) is 5.41 Å². The minimum atomic E-state index is -0.295. The van der Waals surface area contributed by atoms with Gasteiger partial charge in [-0.15, -0.1) is 0 Å². The molecule has 3 nitrogen and oxygen atoms in total. The molecule has 2 aromatic carbocycles. The summed E-state index contributed by atoms with van der Waals surface area (Å²) in [5.74, 6) is 0.507. The van der Waals surface area contributed by atoms with E-state index in [2.05, 4.69) is 15.9 Å². The Morgan fingerprint density at radius 3 is 2.38 bits per heavy atom. The number of halogens is 2. The highest BCUT2D eigenvalue weighted by atomic mass is 79.9. The quantitative estimate of drug-likeness (QED) is 0.644. The number of hydrogen-bond acceptors (Lipinski definition) is 2. The molecule has 2 rings (SSSR count). The maximum absolute atomic E-state index is 13.2. The molecule has 0 fully saturated rings. The van der Waals surface area contributed by atoms with E-state index in [4.69, 9.17) is 15.9 Å². The van der Waals surface area contributed by atoms with Crippen molar-refractivity contribution in [2.45, 2.75) is 20.5 Å². The molecule has 0 atom stereocenters. The van der Waals surface area contributed by atoms with Crippen LogP contribution in [0.25, 0.3) is 0 Å². The maximum atomic E-state index is 13.2. The van der Waals surface area contributed by atoms with Crippen LogP contribution < -0.4 is 10.5 Å². The van der Waals surface area contributed by atoms with Crippen molar-refractivity contribution in [2.24, 2.45) is 5.73 Å². The van der Waals surface area contributed by atoms with Crippen LogP contribution in [-0.2, 0) is 6.61 Å². The summed E-state index contributed by atoms with van der Waals surface area (Å²) in [6, 6.07) is 8.44. The van der Waals surface area contributed by atoms with Crippen molar-refractivity contribution in [3.8, 4) is 5.75 Å². The first-order chi connectivity index (χ1) is 9.88. The molecular weight excluding hydrogens is 335 g/mol. The number of rotatable bonds is 4. The Morgan fingerprint density at radius 2 is 1.86 bits per heavy atom. The van der Waals surface area contributed by atoms with E-state index in [1.807, 2.05) is 26.0 Å². The second kappa shape index (κ2) is 6.26. The van der Waals surface area contributed by atoms with Crippen molar-refractivity contribution >= 4 is 21.8 Å². The van der Waals surface area contributed by atoms with Crippen LogP contribution in [0.1, 0.15) is 22.3 Å². The zero-order chi connectivity index (χ0) is 15.6. The van der Waals surface area contributed by atoms with Crippen molar-refractivity contribution < 1.29 is 9.13 Å². The molecule has 2 aromatic rings. The molecule has 0 aliphatic rings. The largest absolute Gasteiger partial charge is 0.488 e. The van der Waals surface area contributed by atoms with Gasteiger partial charge in [0.05, 0.1) is 4.47 Å². The van der Waals surface area contributed by atoms with Crippen LogP contribution >= 0.6 is 15.9 Å². The highest BCUT2D eigenvalue weighted by molar-refractivity contribution is 9.10. The molecule has 0 aromatic heterocycles. The highest BCUT2D eigenvalue weighted by Gasteiger charge is 2.09. The lowest BCUT2D eigenvalue weighted by molar-refractivity contribution is 0.301. The Bertz CT molecular complexity index is 678. The third-order valence-electron chi connectivity index (χ3n) is 3.14. The van der Waals surface area contributed by atoms with Gasteiger partial charge in [0.1, 0.15) is 24.0 Å². The molecule has 3 N–H and O–H groups in total. The van der Waals surface area contributed by atoms with Gasteiger partial charge >= 0.3 is 0 Å². The first-order valence-electron chi connectivity index (χ1n) is 6.41. The average molecular weight is 351 g/mol. The second-order valence-corrected chi connectivity index (χ2v) is 5.74. The van der Waals surface area contributed by atoms with Gasteiger partial charge in [-0.3, -0.25) is 5.41 Å². The van der Waals surface area contributed by atoms with E-state index < -0.39 is 0 Å². The average Bonchev–Trinajstić information content (AvgIpc) is 2.41. The molecule has 0 amide bonds. The molecule has 0 saturated carbocycles. The molecule has 110 valence electrons. The molecular formula is C16H16BrFN2O. The molecule has 0 bridgehead atoms. The Morgan fingerprint density at radius 1 is 1.24 bits per heavy atom. The third-order valence-corrected chi connectivity index (χ3v) is 3.75. The zero-order valence-electron chi connectivity index (χ0n) is 11.8. The van der Waals surface area contributed by atoms with Gasteiger partial charge in [-0.2, -0.15) is 0 Å². The van der Waals surface area contributed by atoms with Gasteiger partial charge in [0.2, 0.25) is 0 Å². The zero-order valence-corrected chi connectivity index (χ0v) is 13.4. The highest BCUT2D eigenvalue weighted by Crippen LogP contribution is 2.26. The second-order valence-electron chi connectivity index (χ2n) is 4.89. The van der Waals surface area contributed by atoms with Crippen molar-refractivity contribution in [2.75, 3.05) is 0 Å². The number of aryl methyl sites for hydroxylation is 2. The van der Waals surface area contributed by atoms with Gasteiger partial charge < -0.3 is 10.5 Å². The van der Waals surface area contributed by atoms with Crippen LogP contribution in [-0.4, -0.2) is 5.84 Å². The number of nitrogens with two attached hydrogens (primary N) is 1. The molecule has 0 saturated heterocycles. The van der Waals surface area contributed by atoms with Crippen LogP contribution in [0.2, 0.25) is 0 Å². The lowest BCUT2D eigenvalue weighted by Crippen LogP contribution is -2.12. The fourth-order valence-electron chi connectivity index (χ4n) is 2.12. The van der Waals surface area contributed by atoms with Crippen LogP contribution in [0.4, 0.5) is 4.39 Å².